The van der Waals surface area contributed by atoms with Gasteiger partial charge >= 0.3 is 0 Å². The lowest BCUT2D eigenvalue weighted by molar-refractivity contribution is 0.153. The van der Waals surface area contributed by atoms with E-state index < -0.39 is 0 Å². The summed E-state index contributed by atoms with van der Waals surface area (Å²) in [5.74, 6) is 0. The van der Waals surface area contributed by atoms with Crippen molar-refractivity contribution in [1.82, 2.24) is 20.2 Å². The van der Waals surface area contributed by atoms with Crippen LogP contribution >= 0.6 is 0 Å². The molecule has 0 amide bonds. The Kier molecular flexibility index (Phi) is 2.71. The van der Waals surface area contributed by atoms with Crippen molar-refractivity contribution in [3.8, 4) is 0 Å². The topological polar surface area (TPSA) is 44.0 Å². The number of aromatic nitrogens is 2. The molecule has 0 radical (unpaired) electrons. The standard InChI is InChI=1S/C13H22N4/c1-13(2)4-3-5-17(13)8-10-6-11-12(7-14-10)16-9-15-11/h9-10,14H,3-8H2,1-2H3,(H,15,16). The molecule has 3 heterocycles. The lowest BCUT2D eigenvalue weighted by Gasteiger charge is -2.35. The molecule has 3 rings (SSSR count). The van der Waals surface area contributed by atoms with Crippen molar-refractivity contribution in [2.24, 2.45) is 0 Å². The Labute approximate surface area is 103 Å². The molecule has 0 saturated carbocycles. The van der Waals surface area contributed by atoms with Crippen LogP contribution in [0.15, 0.2) is 6.33 Å². The van der Waals surface area contributed by atoms with Gasteiger partial charge < -0.3 is 10.3 Å². The van der Waals surface area contributed by atoms with Gasteiger partial charge in [-0.15, -0.1) is 0 Å². The summed E-state index contributed by atoms with van der Waals surface area (Å²) < 4.78 is 0. The van der Waals surface area contributed by atoms with Crippen LogP contribution in [0.2, 0.25) is 0 Å². The van der Waals surface area contributed by atoms with E-state index in [9.17, 15) is 0 Å². The Hall–Kier alpha value is -0.870. The number of nitrogens with zero attached hydrogens (tertiary/aromatic N) is 2. The SMILES string of the molecule is CC1(C)CCCN1CC1Cc2nc[nH]c2CN1. The van der Waals surface area contributed by atoms with Crippen LogP contribution in [0.25, 0.3) is 0 Å². The van der Waals surface area contributed by atoms with E-state index in [0.717, 1.165) is 19.5 Å². The minimum atomic E-state index is 0.382. The van der Waals surface area contributed by atoms with Crippen LogP contribution in [-0.2, 0) is 13.0 Å². The van der Waals surface area contributed by atoms with Crippen molar-refractivity contribution >= 4 is 0 Å². The van der Waals surface area contributed by atoms with Crippen molar-refractivity contribution in [2.75, 3.05) is 13.1 Å². The highest BCUT2D eigenvalue weighted by molar-refractivity contribution is 5.16. The maximum absolute atomic E-state index is 4.40. The third kappa shape index (κ3) is 2.11. The van der Waals surface area contributed by atoms with Crippen LogP contribution in [0.3, 0.4) is 0 Å². The molecule has 4 nitrogen and oxygen atoms in total. The third-order valence-corrected chi connectivity index (χ3v) is 4.33. The first-order chi connectivity index (χ1) is 8.15. The Balaban J connectivity index is 1.64. The van der Waals surface area contributed by atoms with Gasteiger partial charge in [0.25, 0.3) is 0 Å². The number of hydrogen-bond donors (Lipinski definition) is 2. The predicted octanol–water partition coefficient (Wildman–Crippen LogP) is 1.30. The zero-order valence-electron chi connectivity index (χ0n) is 10.8. The summed E-state index contributed by atoms with van der Waals surface area (Å²) >= 11 is 0. The molecule has 17 heavy (non-hydrogen) atoms. The quantitative estimate of drug-likeness (QED) is 0.810. The molecule has 0 bridgehead atoms. The van der Waals surface area contributed by atoms with Gasteiger partial charge in [-0.25, -0.2) is 4.98 Å². The van der Waals surface area contributed by atoms with Gasteiger partial charge in [-0.05, 0) is 33.2 Å². The van der Waals surface area contributed by atoms with E-state index in [4.69, 9.17) is 0 Å². The molecule has 2 aliphatic rings. The minimum Gasteiger partial charge on any atom is -0.347 e. The summed E-state index contributed by atoms with van der Waals surface area (Å²) in [6, 6.07) is 0.558. The van der Waals surface area contributed by atoms with Crippen LogP contribution in [0, 0.1) is 0 Å². The van der Waals surface area contributed by atoms with Crippen LogP contribution in [0.4, 0.5) is 0 Å². The highest BCUT2D eigenvalue weighted by Crippen LogP contribution is 2.28. The van der Waals surface area contributed by atoms with Gasteiger partial charge in [0.1, 0.15) is 0 Å². The fourth-order valence-corrected chi connectivity index (χ4v) is 3.13. The van der Waals surface area contributed by atoms with Gasteiger partial charge in [0.15, 0.2) is 0 Å². The van der Waals surface area contributed by atoms with Gasteiger partial charge in [0.05, 0.1) is 17.7 Å². The molecule has 2 N–H and O–H groups in total. The van der Waals surface area contributed by atoms with E-state index in [-0.39, 0.29) is 0 Å². The van der Waals surface area contributed by atoms with Gasteiger partial charge in [0, 0.05) is 31.1 Å². The second-order valence-corrected chi connectivity index (χ2v) is 5.97. The smallest absolute Gasteiger partial charge is 0.0925 e. The summed E-state index contributed by atoms with van der Waals surface area (Å²) in [4.78, 5) is 10.2. The van der Waals surface area contributed by atoms with E-state index in [1.165, 1.54) is 30.8 Å². The number of aromatic amines is 1. The number of rotatable bonds is 2. The largest absolute Gasteiger partial charge is 0.347 e. The molecule has 2 aliphatic heterocycles. The van der Waals surface area contributed by atoms with E-state index in [1.54, 1.807) is 0 Å². The molecule has 1 fully saturated rings. The summed E-state index contributed by atoms with van der Waals surface area (Å²) in [7, 11) is 0. The summed E-state index contributed by atoms with van der Waals surface area (Å²) in [6.07, 6.45) is 5.54. The number of fused-ring (bicyclic) bond motifs is 1. The van der Waals surface area contributed by atoms with Gasteiger partial charge in [-0.3, -0.25) is 4.90 Å². The van der Waals surface area contributed by atoms with Crippen LogP contribution in [0.1, 0.15) is 38.1 Å². The molecule has 0 spiro atoms. The maximum Gasteiger partial charge on any atom is 0.0925 e. The first-order valence-electron chi connectivity index (χ1n) is 6.65. The van der Waals surface area contributed by atoms with Crippen molar-refractivity contribution < 1.29 is 0 Å². The van der Waals surface area contributed by atoms with E-state index in [1.807, 2.05) is 6.33 Å². The number of hydrogen-bond acceptors (Lipinski definition) is 3. The molecule has 0 aromatic carbocycles. The zero-order chi connectivity index (χ0) is 11.9. The Morgan fingerprint density at radius 1 is 1.53 bits per heavy atom. The molecule has 94 valence electrons. The summed E-state index contributed by atoms with van der Waals surface area (Å²) in [6.45, 7) is 8.07. The van der Waals surface area contributed by atoms with Gasteiger partial charge in [-0.2, -0.15) is 0 Å². The average molecular weight is 234 g/mol. The molecule has 1 saturated heterocycles. The molecular weight excluding hydrogens is 212 g/mol. The van der Waals surface area contributed by atoms with Crippen LogP contribution in [0.5, 0.6) is 0 Å². The Morgan fingerprint density at radius 2 is 2.41 bits per heavy atom. The van der Waals surface area contributed by atoms with Crippen molar-refractivity contribution in [3.05, 3.63) is 17.7 Å². The van der Waals surface area contributed by atoms with E-state index >= 15 is 0 Å². The minimum absolute atomic E-state index is 0.382. The number of nitrogens with one attached hydrogen (secondary N) is 2. The number of H-pyrrole nitrogens is 1. The first-order valence-corrected chi connectivity index (χ1v) is 6.65. The fourth-order valence-electron chi connectivity index (χ4n) is 3.13. The van der Waals surface area contributed by atoms with Crippen molar-refractivity contribution in [1.29, 1.82) is 0 Å². The van der Waals surface area contributed by atoms with Gasteiger partial charge in [0.2, 0.25) is 0 Å². The van der Waals surface area contributed by atoms with Crippen LogP contribution in [-0.4, -0.2) is 39.5 Å². The Morgan fingerprint density at radius 3 is 3.18 bits per heavy atom. The molecule has 0 aliphatic carbocycles. The first kappa shape index (κ1) is 11.2. The van der Waals surface area contributed by atoms with E-state index in [2.05, 4.69) is 34.0 Å². The Bertz CT molecular complexity index is 396. The molecule has 4 heteroatoms. The third-order valence-electron chi connectivity index (χ3n) is 4.33. The number of imidazole rings is 1. The highest BCUT2D eigenvalue weighted by Gasteiger charge is 2.34. The van der Waals surface area contributed by atoms with Crippen molar-refractivity contribution in [3.63, 3.8) is 0 Å². The fraction of sp³-hybridized carbons (Fsp3) is 0.769. The summed E-state index contributed by atoms with van der Waals surface area (Å²) in [5, 5.41) is 3.61. The zero-order valence-corrected chi connectivity index (χ0v) is 10.8. The van der Waals surface area contributed by atoms with Crippen molar-refractivity contribution in [2.45, 2.75) is 51.2 Å². The molecular formula is C13H22N4. The average Bonchev–Trinajstić information content (AvgIpc) is 2.85. The highest BCUT2D eigenvalue weighted by atomic mass is 15.2. The maximum atomic E-state index is 4.40. The molecule has 1 unspecified atom stereocenters. The lowest BCUT2D eigenvalue weighted by atomic mass is 10.00. The van der Waals surface area contributed by atoms with Gasteiger partial charge in [-0.1, -0.05) is 0 Å². The normalized spacial score (nSPS) is 28.2. The summed E-state index contributed by atoms with van der Waals surface area (Å²) in [5.41, 5.74) is 2.90. The molecule has 1 aromatic rings. The predicted molar refractivity (Wildman–Crippen MR) is 67.8 cm³/mol. The van der Waals surface area contributed by atoms with Crippen LogP contribution < -0.4 is 5.32 Å². The monoisotopic (exact) mass is 234 g/mol. The lowest BCUT2D eigenvalue weighted by Crippen LogP contribution is -2.49. The molecule has 1 atom stereocenters. The second kappa shape index (κ2) is 4.10. The van der Waals surface area contributed by atoms with E-state index in [0.29, 0.717) is 11.6 Å². The number of likely N-dealkylation sites (tertiary alicyclic amines) is 1. The molecule has 1 aromatic heterocycles. The second-order valence-electron chi connectivity index (χ2n) is 5.97.